The van der Waals surface area contributed by atoms with Crippen LogP contribution in [0.15, 0.2) is 53.7 Å². The monoisotopic (exact) mass is 375 g/mol. The molecular formula is C20H21N7O. The quantitative estimate of drug-likeness (QED) is 0.548. The Labute approximate surface area is 162 Å². The number of hydrogen-bond donors (Lipinski definition) is 2. The number of nitrogens with zero attached hydrogens (tertiary/aromatic N) is 5. The van der Waals surface area contributed by atoms with E-state index < -0.39 is 0 Å². The van der Waals surface area contributed by atoms with Gasteiger partial charge < -0.3 is 10.3 Å². The van der Waals surface area contributed by atoms with Gasteiger partial charge in [0.25, 0.3) is 0 Å². The number of rotatable bonds is 5. The first-order valence-corrected chi connectivity index (χ1v) is 8.99. The molecule has 4 rings (SSSR count). The van der Waals surface area contributed by atoms with Crippen molar-refractivity contribution in [1.29, 1.82) is 0 Å². The summed E-state index contributed by atoms with van der Waals surface area (Å²) in [6.45, 7) is 6.47. The van der Waals surface area contributed by atoms with Crippen LogP contribution in [-0.4, -0.2) is 30.3 Å². The molecule has 3 N–H and O–H groups in total. The highest BCUT2D eigenvalue weighted by Gasteiger charge is 2.36. The predicted octanol–water partition coefficient (Wildman–Crippen LogP) is 3.46. The molecule has 0 aliphatic rings. The average Bonchev–Trinajstić information content (AvgIpc) is 3.40. The Balaban J connectivity index is 1.70. The Kier molecular flexibility index (Phi) is 4.38. The van der Waals surface area contributed by atoms with Crippen molar-refractivity contribution in [2.24, 2.45) is 5.92 Å². The Morgan fingerprint density at radius 1 is 1.04 bits per heavy atom. The summed E-state index contributed by atoms with van der Waals surface area (Å²) in [7, 11) is 0. The number of anilines is 1. The highest BCUT2D eigenvalue weighted by atomic mass is 16.5. The summed E-state index contributed by atoms with van der Waals surface area (Å²) in [5.41, 5.74) is 9.56. The number of nitrogens with two attached hydrogens (primary N) is 1. The van der Waals surface area contributed by atoms with E-state index >= 15 is 0 Å². The van der Waals surface area contributed by atoms with Crippen molar-refractivity contribution in [2.45, 2.75) is 26.2 Å². The van der Waals surface area contributed by atoms with Crippen LogP contribution in [0.2, 0.25) is 0 Å². The van der Waals surface area contributed by atoms with Crippen molar-refractivity contribution >= 4 is 5.95 Å². The molecule has 0 aromatic carbocycles. The topological polar surface area (TPSA) is 119 Å². The molecule has 0 bridgehead atoms. The largest absolute Gasteiger partial charge is 0.368 e. The van der Waals surface area contributed by atoms with E-state index in [4.69, 9.17) is 10.3 Å². The minimum Gasteiger partial charge on any atom is -0.368 e. The summed E-state index contributed by atoms with van der Waals surface area (Å²) < 4.78 is 5.57. The second-order valence-electron chi connectivity index (χ2n) is 7.18. The molecule has 0 saturated heterocycles. The lowest BCUT2D eigenvalue weighted by Gasteiger charge is -2.32. The number of aromatic amines is 1. The zero-order valence-corrected chi connectivity index (χ0v) is 15.9. The molecule has 4 heterocycles. The third-order valence-corrected chi connectivity index (χ3v) is 5.31. The summed E-state index contributed by atoms with van der Waals surface area (Å²) in [6, 6.07) is 5.99. The lowest BCUT2D eigenvalue weighted by molar-refractivity contribution is 0.353. The minimum atomic E-state index is -0.366. The molecule has 8 nitrogen and oxygen atoms in total. The molecule has 142 valence electrons. The van der Waals surface area contributed by atoms with Gasteiger partial charge in [0.2, 0.25) is 5.95 Å². The normalized spacial score (nSPS) is 13.6. The van der Waals surface area contributed by atoms with Gasteiger partial charge in [0.05, 0.1) is 23.1 Å². The molecule has 0 fully saturated rings. The standard InChI is InChI=1S/C20H21N7O/c1-12(2)20(3,18-6-17(28-27-18)14-9-25-26-10-14)15-4-5-16(22-11-15)13-7-23-19(21)24-8-13/h4-12H,1-3H3,(H,25,26)(H2,21,23,24). The molecule has 0 saturated carbocycles. The molecule has 28 heavy (non-hydrogen) atoms. The number of nitrogen functional groups attached to an aromatic ring is 1. The van der Waals surface area contributed by atoms with Gasteiger partial charge in [0.15, 0.2) is 5.76 Å². The van der Waals surface area contributed by atoms with Crippen LogP contribution in [0, 0.1) is 5.92 Å². The average molecular weight is 375 g/mol. The number of nitrogens with one attached hydrogen (secondary N) is 1. The van der Waals surface area contributed by atoms with Crippen molar-refractivity contribution in [1.82, 2.24) is 30.3 Å². The van der Waals surface area contributed by atoms with E-state index in [1.54, 1.807) is 24.8 Å². The van der Waals surface area contributed by atoms with Crippen LogP contribution in [0.25, 0.3) is 22.6 Å². The van der Waals surface area contributed by atoms with Crippen LogP contribution < -0.4 is 5.73 Å². The van der Waals surface area contributed by atoms with Crippen molar-refractivity contribution in [3.05, 3.63) is 60.4 Å². The highest BCUT2D eigenvalue weighted by molar-refractivity contribution is 5.58. The number of H-pyrrole nitrogens is 1. The van der Waals surface area contributed by atoms with E-state index in [9.17, 15) is 0 Å². The third kappa shape index (κ3) is 3.02. The molecule has 1 unspecified atom stereocenters. The summed E-state index contributed by atoms with van der Waals surface area (Å²) in [5, 5.41) is 11.1. The fraction of sp³-hybridized carbons (Fsp3) is 0.250. The number of hydrogen-bond acceptors (Lipinski definition) is 7. The second-order valence-corrected chi connectivity index (χ2v) is 7.18. The fourth-order valence-corrected chi connectivity index (χ4v) is 3.16. The zero-order chi connectivity index (χ0) is 19.7. The summed E-state index contributed by atoms with van der Waals surface area (Å²) in [5.74, 6) is 1.19. The van der Waals surface area contributed by atoms with Gasteiger partial charge in [0.1, 0.15) is 0 Å². The molecule has 1 atom stereocenters. The van der Waals surface area contributed by atoms with Gasteiger partial charge >= 0.3 is 0 Å². The third-order valence-electron chi connectivity index (χ3n) is 5.31. The first-order valence-electron chi connectivity index (χ1n) is 8.99. The van der Waals surface area contributed by atoms with Gasteiger partial charge in [-0.2, -0.15) is 5.10 Å². The molecule has 8 heteroatoms. The van der Waals surface area contributed by atoms with Gasteiger partial charge in [-0.25, -0.2) is 9.97 Å². The van der Waals surface area contributed by atoms with Gasteiger partial charge in [-0.05, 0) is 24.5 Å². The van der Waals surface area contributed by atoms with Crippen molar-refractivity contribution in [3.63, 3.8) is 0 Å². The first-order chi connectivity index (χ1) is 13.5. The maximum atomic E-state index is 5.57. The van der Waals surface area contributed by atoms with Gasteiger partial charge in [0, 0.05) is 41.8 Å². The van der Waals surface area contributed by atoms with Crippen molar-refractivity contribution in [3.8, 4) is 22.6 Å². The van der Waals surface area contributed by atoms with Gasteiger partial charge in [-0.1, -0.05) is 25.1 Å². The van der Waals surface area contributed by atoms with E-state index in [0.717, 1.165) is 28.1 Å². The SMILES string of the molecule is CC(C)C(C)(c1ccc(-c2cnc(N)nc2)nc1)c1cc(-c2cn[nH]c2)on1. The number of aromatic nitrogens is 6. The molecule has 0 radical (unpaired) electrons. The Hall–Kier alpha value is -3.55. The van der Waals surface area contributed by atoms with E-state index in [-0.39, 0.29) is 17.3 Å². The smallest absolute Gasteiger partial charge is 0.219 e. The molecule has 0 aliphatic heterocycles. The summed E-state index contributed by atoms with van der Waals surface area (Å²) in [4.78, 5) is 12.7. The maximum absolute atomic E-state index is 5.57. The van der Waals surface area contributed by atoms with Crippen LogP contribution in [0.3, 0.4) is 0 Å². The van der Waals surface area contributed by atoms with Crippen LogP contribution >= 0.6 is 0 Å². The van der Waals surface area contributed by atoms with Gasteiger partial charge in [-0.3, -0.25) is 10.1 Å². The van der Waals surface area contributed by atoms with Crippen LogP contribution in [-0.2, 0) is 5.41 Å². The molecule has 0 spiro atoms. The van der Waals surface area contributed by atoms with E-state index in [1.165, 1.54) is 0 Å². The Bertz CT molecular complexity index is 1050. The lowest BCUT2D eigenvalue weighted by atomic mass is 9.71. The lowest BCUT2D eigenvalue weighted by Crippen LogP contribution is -2.30. The van der Waals surface area contributed by atoms with E-state index in [1.807, 2.05) is 18.3 Å². The van der Waals surface area contributed by atoms with Crippen molar-refractivity contribution < 1.29 is 4.52 Å². The van der Waals surface area contributed by atoms with Crippen LogP contribution in [0.4, 0.5) is 5.95 Å². The van der Waals surface area contributed by atoms with Crippen LogP contribution in [0.1, 0.15) is 32.0 Å². The molecule has 0 aliphatic carbocycles. The highest BCUT2D eigenvalue weighted by Crippen LogP contribution is 2.39. The summed E-state index contributed by atoms with van der Waals surface area (Å²) >= 11 is 0. The molecule has 0 amide bonds. The first kappa shape index (κ1) is 17.8. The zero-order valence-electron chi connectivity index (χ0n) is 15.9. The summed E-state index contributed by atoms with van der Waals surface area (Å²) in [6.07, 6.45) is 8.70. The van der Waals surface area contributed by atoms with Crippen molar-refractivity contribution in [2.75, 3.05) is 5.73 Å². The number of pyridine rings is 1. The van der Waals surface area contributed by atoms with E-state index in [0.29, 0.717) is 5.76 Å². The molecule has 4 aromatic rings. The second kappa shape index (κ2) is 6.88. The Morgan fingerprint density at radius 2 is 1.82 bits per heavy atom. The minimum absolute atomic E-state index is 0.243. The Morgan fingerprint density at radius 3 is 2.43 bits per heavy atom. The van der Waals surface area contributed by atoms with E-state index in [2.05, 4.69) is 57.1 Å². The maximum Gasteiger partial charge on any atom is 0.219 e. The molecule has 4 aromatic heterocycles. The van der Waals surface area contributed by atoms with Crippen LogP contribution in [0.5, 0.6) is 0 Å². The van der Waals surface area contributed by atoms with Gasteiger partial charge in [-0.15, -0.1) is 0 Å². The predicted molar refractivity (Wildman–Crippen MR) is 105 cm³/mol. The fourth-order valence-electron chi connectivity index (χ4n) is 3.16. The molecular weight excluding hydrogens is 354 g/mol.